The molecule has 4 aliphatic rings. The van der Waals surface area contributed by atoms with Crippen LogP contribution < -0.4 is 15.4 Å². The van der Waals surface area contributed by atoms with Crippen molar-refractivity contribution in [3.8, 4) is 5.75 Å². The molecular formula is C20H24ClFN2O4. The molecule has 3 aliphatic carbocycles. The lowest BCUT2D eigenvalue weighted by Gasteiger charge is -2.70. The summed E-state index contributed by atoms with van der Waals surface area (Å²) in [6.45, 7) is 1.86. The summed E-state index contributed by atoms with van der Waals surface area (Å²) in [5.41, 5.74) is -0.473. The van der Waals surface area contributed by atoms with Crippen molar-refractivity contribution in [3.63, 3.8) is 0 Å². The number of carbonyl (C=O) groups excluding carboxylic acids is 2. The lowest BCUT2D eigenvalue weighted by molar-refractivity contribution is -0.156. The second kappa shape index (κ2) is 7.19. The number of ether oxygens (including phenoxy) is 2. The Morgan fingerprint density at radius 3 is 2.61 bits per heavy atom. The van der Waals surface area contributed by atoms with Crippen LogP contribution in [0.1, 0.15) is 45.4 Å². The molecule has 152 valence electrons. The minimum absolute atomic E-state index is 0.00577. The zero-order valence-corrected chi connectivity index (χ0v) is 16.5. The van der Waals surface area contributed by atoms with Crippen LogP contribution in [0, 0.1) is 5.82 Å². The molecule has 2 N–H and O–H groups in total. The van der Waals surface area contributed by atoms with E-state index in [0.29, 0.717) is 0 Å². The van der Waals surface area contributed by atoms with Crippen molar-refractivity contribution >= 4 is 23.4 Å². The van der Waals surface area contributed by atoms with E-state index in [1.54, 1.807) is 0 Å². The molecule has 0 aromatic heterocycles. The van der Waals surface area contributed by atoms with Crippen LogP contribution in [-0.2, 0) is 14.3 Å². The van der Waals surface area contributed by atoms with E-state index in [1.165, 1.54) is 12.1 Å². The number of rotatable bonds is 7. The predicted molar refractivity (Wildman–Crippen MR) is 101 cm³/mol. The second-order valence-corrected chi connectivity index (χ2v) is 8.63. The highest BCUT2D eigenvalue weighted by molar-refractivity contribution is 6.30. The molecule has 1 aromatic carbocycles. The fourth-order valence-electron chi connectivity index (χ4n) is 4.64. The topological polar surface area (TPSA) is 76.7 Å². The summed E-state index contributed by atoms with van der Waals surface area (Å²) in [5, 5.41) is 6.09. The number of carbonyl (C=O) groups is 2. The van der Waals surface area contributed by atoms with Crippen molar-refractivity contribution in [1.29, 1.82) is 0 Å². The quantitative estimate of drug-likeness (QED) is 0.724. The van der Waals surface area contributed by atoms with Crippen LogP contribution in [0.4, 0.5) is 4.39 Å². The molecule has 5 rings (SSSR count). The molecule has 8 heteroatoms. The Kier molecular flexibility index (Phi) is 5.00. The van der Waals surface area contributed by atoms with Gasteiger partial charge in [-0.3, -0.25) is 9.59 Å². The van der Waals surface area contributed by atoms with Gasteiger partial charge in [0.05, 0.1) is 11.1 Å². The Morgan fingerprint density at radius 1 is 1.25 bits per heavy atom. The molecule has 2 unspecified atom stereocenters. The van der Waals surface area contributed by atoms with Crippen LogP contribution in [0.3, 0.4) is 0 Å². The first-order valence-electron chi connectivity index (χ1n) is 9.68. The average Bonchev–Trinajstić information content (AvgIpc) is 3.09. The number of halogens is 2. The van der Waals surface area contributed by atoms with Crippen molar-refractivity contribution in [1.82, 2.24) is 10.6 Å². The van der Waals surface area contributed by atoms with E-state index in [4.69, 9.17) is 21.1 Å². The summed E-state index contributed by atoms with van der Waals surface area (Å²) in [5.74, 6) is -0.642. The molecular weight excluding hydrogens is 387 g/mol. The Morgan fingerprint density at radius 2 is 1.96 bits per heavy atom. The lowest BCUT2D eigenvalue weighted by Crippen LogP contribution is -2.84. The second-order valence-electron chi connectivity index (χ2n) is 8.23. The molecule has 3 saturated carbocycles. The Hall–Kier alpha value is -1.86. The van der Waals surface area contributed by atoms with E-state index in [2.05, 4.69) is 17.6 Å². The molecule has 28 heavy (non-hydrogen) atoms. The SMILES string of the molecule is CCC1CCC(C(=O)NC23CC(NC(=O)COc4ccc(Cl)c(F)c4)(C2)C3)O1. The van der Waals surface area contributed by atoms with E-state index in [0.717, 1.165) is 44.6 Å². The highest BCUT2D eigenvalue weighted by Crippen LogP contribution is 2.60. The highest BCUT2D eigenvalue weighted by atomic mass is 35.5. The van der Waals surface area contributed by atoms with Gasteiger partial charge in [0.1, 0.15) is 17.7 Å². The molecule has 1 aromatic rings. The summed E-state index contributed by atoms with van der Waals surface area (Å²) in [4.78, 5) is 24.5. The summed E-state index contributed by atoms with van der Waals surface area (Å²) < 4.78 is 24.5. The van der Waals surface area contributed by atoms with Gasteiger partial charge >= 0.3 is 0 Å². The van der Waals surface area contributed by atoms with Gasteiger partial charge in [0.2, 0.25) is 5.91 Å². The van der Waals surface area contributed by atoms with Gasteiger partial charge in [-0.05, 0) is 50.7 Å². The number of hydrogen-bond acceptors (Lipinski definition) is 4. The maximum Gasteiger partial charge on any atom is 0.258 e. The predicted octanol–water partition coefficient (Wildman–Crippen LogP) is 2.72. The molecule has 1 saturated heterocycles. The smallest absolute Gasteiger partial charge is 0.258 e. The maximum atomic E-state index is 13.4. The fourth-order valence-corrected chi connectivity index (χ4v) is 4.76. The van der Waals surface area contributed by atoms with Crippen molar-refractivity contribution in [2.75, 3.05) is 6.61 Å². The minimum Gasteiger partial charge on any atom is -0.484 e. The van der Waals surface area contributed by atoms with Crippen LogP contribution >= 0.6 is 11.6 Å². The third-order valence-electron chi connectivity index (χ3n) is 5.94. The van der Waals surface area contributed by atoms with Crippen LogP contribution in [0.15, 0.2) is 18.2 Å². The maximum absolute atomic E-state index is 13.4. The van der Waals surface area contributed by atoms with Crippen LogP contribution in [0.2, 0.25) is 5.02 Å². The molecule has 2 amide bonds. The Balaban J connectivity index is 1.19. The molecule has 2 atom stereocenters. The standard InChI is InChI=1S/C20H24ClFN2O4/c1-2-12-4-6-16(28-12)18(26)24-20-9-19(10-20,11-20)23-17(25)8-27-13-3-5-14(21)15(22)7-13/h3,5,7,12,16H,2,4,6,8-11H2,1H3,(H,23,25)(H,24,26). The van der Waals surface area contributed by atoms with Crippen molar-refractivity contribution < 1.29 is 23.5 Å². The first-order valence-corrected chi connectivity index (χ1v) is 10.1. The highest BCUT2D eigenvalue weighted by Gasteiger charge is 2.69. The first-order chi connectivity index (χ1) is 13.3. The van der Waals surface area contributed by atoms with Crippen molar-refractivity contribution in [2.24, 2.45) is 0 Å². The molecule has 0 radical (unpaired) electrons. The van der Waals surface area contributed by atoms with Gasteiger partial charge in [-0.25, -0.2) is 4.39 Å². The monoisotopic (exact) mass is 410 g/mol. The van der Waals surface area contributed by atoms with E-state index in [9.17, 15) is 14.0 Å². The molecule has 6 nitrogen and oxygen atoms in total. The molecule has 4 fully saturated rings. The van der Waals surface area contributed by atoms with Gasteiger partial charge in [0, 0.05) is 17.1 Å². The number of nitrogens with one attached hydrogen (secondary N) is 2. The molecule has 0 spiro atoms. The summed E-state index contributed by atoms with van der Waals surface area (Å²) in [6, 6.07) is 4.04. The van der Waals surface area contributed by atoms with Crippen molar-refractivity contribution in [3.05, 3.63) is 29.0 Å². The van der Waals surface area contributed by atoms with Crippen LogP contribution in [-0.4, -0.2) is 41.7 Å². The zero-order chi connectivity index (χ0) is 19.9. The minimum atomic E-state index is -0.590. The van der Waals surface area contributed by atoms with Gasteiger partial charge < -0.3 is 20.1 Å². The zero-order valence-electron chi connectivity index (χ0n) is 15.7. The van der Waals surface area contributed by atoms with Crippen LogP contribution in [0.5, 0.6) is 5.75 Å². The number of hydrogen-bond donors (Lipinski definition) is 2. The van der Waals surface area contributed by atoms with Crippen LogP contribution in [0.25, 0.3) is 0 Å². The third kappa shape index (κ3) is 3.70. The van der Waals surface area contributed by atoms with E-state index in [1.807, 2.05) is 0 Å². The Bertz CT molecular complexity index is 783. The lowest BCUT2D eigenvalue weighted by atomic mass is 9.44. The van der Waals surface area contributed by atoms with Gasteiger partial charge in [0.15, 0.2) is 6.61 Å². The van der Waals surface area contributed by atoms with E-state index >= 15 is 0 Å². The van der Waals surface area contributed by atoms with E-state index in [-0.39, 0.29) is 52.5 Å². The van der Waals surface area contributed by atoms with Crippen molar-refractivity contribution in [2.45, 2.75) is 68.7 Å². The van der Waals surface area contributed by atoms with Gasteiger partial charge in [-0.1, -0.05) is 18.5 Å². The Labute approximate surface area is 168 Å². The molecule has 2 bridgehead atoms. The molecule has 1 heterocycles. The molecule has 1 aliphatic heterocycles. The number of benzene rings is 1. The third-order valence-corrected chi connectivity index (χ3v) is 6.25. The van der Waals surface area contributed by atoms with Gasteiger partial charge in [-0.2, -0.15) is 0 Å². The summed E-state index contributed by atoms with van der Waals surface area (Å²) in [6.07, 6.45) is 4.62. The largest absolute Gasteiger partial charge is 0.484 e. The normalized spacial score (nSPS) is 32.8. The average molecular weight is 411 g/mol. The summed E-state index contributed by atoms with van der Waals surface area (Å²) in [7, 11) is 0. The van der Waals surface area contributed by atoms with Gasteiger partial charge in [-0.15, -0.1) is 0 Å². The fraction of sp³-hybridized carbons (Fsp3) is 0.600. The number of amides is 2. The van der Waals surface area contributed by atoms with Gasteiger partial charge in [0.25, 0.3) is 5.91 Å². The summed E-state index contributed by atoms with van der Waals surface area (Å²) >= 11 is 5.62. The van der Waals surface area contributed by atoms with E-state index < -0.39 is 5.82 Å². The first kappa shape index (κ1) is 19.5.